The van der Waals surface area contributed by atoms with Crippen LogP contribution < -0.4 is 14.8 Å². The van der Waals surface area contributed by atoms with Gasteiger partial charge in [-0.05, 0) is 49.9 Å². The van der Waals surface area contributed by atoms with E-state index in [-0.39, 0.29) is 28.7 Å². The molecule has 0 radical (unpaired) electrons. The Labute approximate surface area is 224 Å². The van der Waals surface area contributed by atoms with E-state index in [4.69, 9.17) is 9.47 Å². The van der Waals surface area contributed by atoms with E-state index >= 15 is 0 Å². The van der Waals surface area contributed by atoms with Gasteiger partial charge in [-0.15, -0.1) is 0 Å². The Kier molecular flexibility index (Phi) is 7.68. The average Bonchev–Trinajstić information content (AvgIpc) is 3.23. The van der Waals surface area contributed by atoms with Crippen molar-refractivity contribution >= 4 is 21.4 Å². The first kappa shape index (κ1) is 29.4. The molecular weight excluding hydrogens is 570 g/mol. The van der Waals surface area contributed by atoms with Crippen molar-refractivity contribution in [1.82, 2.24) is 19.7 Å². The number of rotatable bonds is 7. The van der Waals surface area contributed by atoms with Crippen LogP contribution in [-0.4, -0.2) is 64.7 Å². The predicted molar refractivity (Wildman–Crippen MR) is 129 cm³/mol. The summed E-state index contributed by atoms with van der Waals surface area (Å²) >= 11 is 0. The maximum atomic E-state index is 13.3. The lowest BCUT2D eigenvalue weighted by atomic mass is 9.88. The quantitative estimate of drug-likeness (QED) is 0.395. The molecule has 1 aliphatic heterocycles. The summed E-state index contributed by atoms with van der Waals surface area (Å²) in [5.41, 5.74) is -0.809. The molecular formula is C24H24F6N4O5S. The number of nitrogens with zero attached hydrogens (tertiary/aromatic N) is 3. The lowest BCUT2D eigenvalue weighted by Crippen LogP contribution is -2.55. The summed E-state index contributed by atoms with van der Waals surface area (Å²) in [4.78, 5) is 21.1. The molecule has 9 nitrogen and oxygen atoms in total. The summed E-state index contributed by atoms with van der Waals surface area (Å²) in [6, 6.07) is 2.82. The first-order valence-electron chi connectivity index (χ1n) is 11.9. The number of fused-ring (bicyclic) bond motifs is 1. The van der Waals surface area contributed by atoms with Crippen LogP contribution in [0.2, 0.25) is 0 Å². The van der Waals surface area contributed by atoms with E-state index in [1.807, 2.05) is 0 Å². The van der Waals surface area contributed by atoms with Crippen LogP contribution in [0.15, 0.2) is 30.7 Å². The van der Waals surface area contributed by atoms with Gasteiger partial charge in [-0.3, -0.25) is 4.79 Å². The Morgan fingerprint density at radius 1 is 1.05 bits per heavy atom. The van der Waals surface area contributed by atoms with E-state index in [1.54, 1.807) is 13.8 Å². The van der Waals surface area contributed by atoms with E-state index in [0.717, 1.165) is 0 Å². The maximum absolute atomic E-state index is 13.3. The number of nitrogens with one attached hydrogen (secondary N) is 1. The van der Waals surface area contributed by atoms with Crippen LogP contribution in [0.1, 0.15) is 40.9 Å². The van der Waals surface area contributed by atoms with Gasteiger partial charge in [0.15, 0.2) is 12.4 Å². The number of imidazole rings is 1. The fourth-order valence-electron chi connectivity index (χ4n) is 4.26. The molecule has 0 saturated carbocycles. The number of hydrogen-bond donors (Lipinski definition) is 1. The van der Waals surface area contributed by atoms with Crippen LogP contribution in [-0.2, 0) is 9.84 Å². The van der Waals surface area contributed by atoms with Gasteiger partial charge in [-0.1, -0.05) is 0 Å². The molecule has 4 rings (SSSR count). The zero-order valence-corrected chi connectivity index (χ0v) is 22.0. The zero-order valence-electron chi connectivity index (χ0n) is 21.2. The van der Waals surface area contributed by atoms with Gasteiger partial charge in [0.2, 0.25) is 0 Å². The molecule has 4 heterocycles. The highest BCUT2D eigenvalue weighted by Gasteiger charge is 2.47. The molecule has 1 fully saturated rings. The van der Waals surface area contributed by atoms with Gasteiger partial charge in [-0.25, -0.2) is 18.4 Å². The van der Waals surface area contributed by atoms with Crippen molar-refractivity contribution in [3.8, 4) is 17.4 Å². The van der Waals surface area contributed by atoms with Crippen molar-refractivity contribution < 1.29 is 49.0 Å². The number of alkyl halides is 6. The number of halogens is 6. The number of sulfone groups is 1. The summed E-state index contributed by atoms with van der Waals surface area (Å²) < 4.78 is 114. The number of ether oxygens (including phenoxy) is 2. The minimum atomic E-state index is -4.65. The summed E-state index contributed by atoms with van der Waals surface area (Å²) in [6.07, 6.45) is -7.44. The second-order valence-corrected chi connectivity index (χ2v) is 12.0. The van der Waals surface area contributed by atoms with Crippen LogP contribution in [0.5, 0.6) is 17.4 Å². The maximum Gasteiger partial charge on any atom is 0.422 e. The molecule has 16 heteroatoms. The van der Waals surface area contributed by atoms with E-state index < -0.39 is 71.0 Å². The molecule has 1 aliphatic rings. The third-order valence-electron chi connectivity index (χ3n) is 6.24. The van der Waals surface area contributed by atoms with E-state index in [1.165, 1.54) is 35.1 Å². The summed E-state index contributed by atoms with van der Waals surface area (Å²) in [5.74, 6) is -2.25. The highest BCUT2D eigenvalue weighted by atomic mass is 32.2. The Hall–Kier alpha value is -3.56. The summed E-state index contributed by atoms with van der Waals surface area (Å²) in [7, 11) is -3.50. The first-order chi connectivity index (χ1) is 18.4. The molecule has 0 aromatic carbocycles. The van der Waals surface area contributed by atoms with Gasteiger partial charge in [0.25, 0.3) is 11.8 Å². The van der Waals surface area contributed by atoms with Gasteiger partial charge in [0.05, 0.1) is 29.7 Å². The Morgan fingerprint density at radius 2 is 1.73 bits per heavy atom. The summed E-state index contributed by atoms with van der Waals surface area (Å²) in [6.45, 7) is 1.65. The number of pyridine rings is 2. The zero-order chi connectivity index (χ0) is 29.5. The first-order valence-corrected chi connectivity index (χ1v) is 13.7. The van der Waals surface area contributed by atoms with Gasteiger partial charge >= 0.3 is 12.4 Å². The molecule has 218 valence electrons. The fraction of sp³-hybridized carbons (Fsp3) is 0.458. The molecule has 0 aliphatic carbocycles. The molecule has 0 spiro atoms. The van der Waals surface area contributed by atoms with Crippen LogP contribution in [0, 0.1) is 13.8 Å². The molecule has 0 unspecified atom stereocenters. The van der Waals surface area contributed by atoms with Crippen LogP contribution in [0.25, 0.3) is 5.65 Å². The SMILES string of the molecule is Cc1cnc(Oc2cn3cc(C(=O)NC4(CC(F)(F)F)CCS(=O)(=O)CC4)nc3cc2C)c(OCC(F)(F)F)c1. The van der Waals surface area contributed by atoms with Crippen LogP contribution in [0.3, 0.4) is 0 Å². The van der Waals surface area contributed by atoms with Gasteiger partial charge in [0.1, 0.15) is 26.9 Å². The van der Waals surface area contributed by atoms with Crippen molar-refractivity contribution in [2.24, 2.45) is 0 Å². The van der Waals surface area contributed by atoms with Gasteiger partial charge in [0, 0.05) is 12.4 Å². The highest BCUT2D eigenvalue weighted by Crippen LogP contribution is 2.36. The highest BCUT2D eigenvalue weighted by molar-refractivity contribution is 7.91. The van der Waals surface area contributed by atoms with Gasteiger partial charge in [-0.2, -0.15) is 26.3 Å². The largest absolute Gasteiger partial charge is 0.478 e. The normalized spacial score (nSPS) is 17.0. The van der Waals surface area contributed by atoms with Crippen LogP contribution in [0.4, 0.5) is 26.3 Å². The molecule has 40 heavy (non-hydrogen) atoms. The number of carbonyl (C=O) groups is 1. The molecule has 1 saturated heterocycles. The van der Waals surface area contributed by atoms with Gasteiger partial charge < -0.3 is 19.2 Å². The number of hydrogen-bond acceptors (Lipinski definition) is 7. The van der Waals surface area contributed by atoms with Crippen LogP contribution >= 0.6 is 0 Å². The van der Waals surface area contributed by atoms with E-state index in [9.17, 15) is 39.6 Å². The van der Waals surface area contributed by atoms with Crippen molar-refractivity contribution in [1.29, 1.82) is 0 Å². The lowest BCUT2D eigenvalue weighted by molar-refractivity contribution is -0.153. The number of amides is 1. The molecule has 0 bridgehead atoms. The molecule has 0 atom stereocenters. The monoisotopic (exact) mass is 594 g/mol. The van der Waals surface area contributed by atoms with Crippen molar-refractivity contribution in [3.63, 3.8) is 0 Å². The summed E-state index contributed by atoms with van der Waals surface area (Å²) in [5, 5.41) is 2.36. The molecule has 1 N–H and O–H groups in total. The number of carbonyl (C=O) groups excluding carboxylic acids is 1. The number of aromatic nitrogens is 3. The Morgan fingerprint density at radius 3 is 2.35 bits per heavy atom. The minimum absolute atomic E-state index is 0.135. The fourth-order valence-corrected chi connectivity index (χ4v) is 5.87. The Balaban J connectivity index is 1.58. The second-order valence-electron chi connectivity index (χ2n) is 9.71. The molecule has 1 amide bonds. The third-order valence-corrected chi connectivity index (χ3v) is 7.89. The molecule has 3 aromatic heterocycles. The molecule has 3 aromatic rings. The topological polar surface area (TPSA) is 112 Å². The predicted octanol–water partition coefficient (Wildman–Crippen LogP) is 4.71. The minimum Gasteiger partial charge on any atom is -0.478 e. The Bertz CT molecular complexity index is 1520. The number of aryl methyl sites for hydroxylation is 2. The second kappa shape index (κ2) is 10.4. The van der Waals surface area contributed by atoms with E-state index in [2.05, 4.69) is 15.3 Å². The van der Waals surface area contributed by atoms with E-state index in [0.29, 0.717) is 11.1 Å². The standard InChI is InChI=1S/C24H24F6N4O5S/c1-14-7-17(38-13-24(28,29)30)21(31-9-14)39-18-11-34-10-16(32-19(34)8-15(18)2)20(35)33-22(12-23(25,26)27)3-5-40(36,37)6-4-22/h7-11H,3-6,12-13H2,1-2H3,(H,33,35). The van der Waals surface area contributed by atoms with Crippen molar-refractivity contribution in [3.05, 3.63) is 47.5 Å². The van der Waals surface area contributed by atoms with Crippen molar-refractivity contribution in [2.45, 2.75) is 51.0 Å². The average molecular weight is 595 g/mol. The smallest absolute Gasteiger partial charge is 0.422 e. The lowest BCUT2D eigenvalue weighted by Gasteiger charge is -2.38. The van der Waals surface area contributed by atoms with Crippen molar-refractivity contribution in [2.75, 3.05) is 18.1 Å². The third kappa shape index (κ3) is 7.34.